The van der Waals surface area contributed by atoms with Gasteiger partial charge in [-0.15, -0.1) is 0 Å². The first-order chi connectivity index (χ1) is 9.43. The van der Waals surface area contributed by atoms with Crippen LogP contribution in [0.1, 0.15) is 29.8 Å². The van der Waals surface area contributed by atoms with E-state index >= 15 is 0 Å². The molecule has 0 saturated carbocycles. The van der Waals surface area contributed by atoms with Crippen LogP contribution in [-0.4, -0.2) is 36.0 Å². The van der Waals surface area contributed by atoms with E-state index in [2.05, 4.69) is 59.6 Å². The zero-order valence-electron chi connectivity index (χ0n) is 12.2. The third-order valence-corrected chi connectivity index (χ3v) is 6.46. The van der Waals surface area contributed by atoms with Crippen LogP contribution < -0.4 is 5.32 Å². The molecule has 20 heavy (non-hydrogen) atoms. The molecule has 2 unspecified atom stereocenters. The highest BCUT2D eigenvalue weighted by Gasteiger charge is 2.51. The van der Waals surface area contributed by atoms with Crippen LogP contribution in [-0.2, 0) is 0 Å². The molecule has 0 aromatic heterocycles. The quantitative estimate of drug-likeness (QED) is 0.756. The topological polar surface area (TPSA) is 32.3 Å². The van der Waals surface area contributed by atoms with E-state index in [0.29, 0.717) is 11.8 Å². The van der Waals surface area contributed by atoms with Crippen molar-refractivity contribution in [2.45, 2.75) is 26.3 Å². The third kappa shape index (κ3) is 2.08. The van der Waals surface area contributed by atoms with Gasteiger partial charge in [-0.1, -0.05) is 12.1 Å². The molecule has 2 atom stereocenters. The predicted octanol–water partition coefficient (Wildman–Crippen LogP) is 2.67. The Hall–Kier alpha value is -0.620. The Morgan fingerprint density at radius 2 is 2.15 bits per heavy atom. The lowest BCUT2D eigenvalue weighted by atomic mass is 9.84. The average Bonchev–Trinajstić information content (AvgIpc) is 2.95. The van der Waals surface area contributed by atoms with E-state index in [1.54, 1.807) is 0 Å². The second-order valence-corrected chi connectivity index (χ2v) is 7.61. The number of likely N-dealkylation sites (tertiary alicyclic amines) is 1. The molecule has 4 heteroatoms. The van der Waals surface area contributed by atoms with Crippen molar-refractivity contribution in [3.05, 3.63) is 32.9 Å². The number of fused-ring (bicyclic) bond motifs is 1. The van der Waals surface area contributed by atoms with Crippen LogP contribution >= 0.6 is 22.6 Å². The second-order valence-electron chi connectivity index (χ2n) is 6.53. The molecule has 0 bridgehead atoms. The van der Waals surface area contributed by atoms with Gasteiger partial charge in [0.15, 0.2) is 0 Å². The number of benzene rings is 1. The van der Waals surface area contributed by atoms with Gasteiger partial charge in [0.25, 0.3) is 5.91 Å². The van der Waals surface area contributed by atoms with E-state index in [1.807, 2.05) is 12.1 Å². The van der Waals surface area contributed by atoms with Crippen LogP contribution in [0.5, 0.6) is 0 Å². The summed E-state index contributed by atoms with van der Waals surface area (Å²) in [6.45, 7) is 9.45. The van der Waals surface area contributed by atoms with Gasteiger partial charge in [0.05, 0.1) is 5.56 Å². The lowest BCUT2D eigenvalue weighted by molar-refractivity contribution is 0.0602. The molecule has 2 saturated heterocycles. The molecule has 1 N–H and O–H groups in total. The van der Waals surface area contributed by atoms with Gasteiger partial charge in [-0.3, -0.25) is 4.79 Å². The standard InChI is InChI=1S/C16H21IN2O/c1-10-5-4-6-12(14(10)17)15(20)19-9-11-7-18-8-13(11)16(19,2)3/h4-6,11,13,18H,7-9H2,1-3H3. The number of rotatable bonds is 1. The summed E-state index contributed by atoms with van der Waals surface area (Å²) in [5.41, 5.74) is 1.97. The van der Waals surface area contributed by atoms with Gasteiger partial charge in [-0.2, -0.15) is 0 Å². The minimum atomic E-state index is -0.0575. The normalized spacial score (nSPS) is 27.7. The minimum Gasteiger partial charge on any atom is -0.333 e. The number of nitrogens with one attached hydrogen (secondary N) is 1. The van der Waals surface area contributed by atoms with Crippen LogP contribution in [0.2, 0.25) is 0 Å². The molecule has 0 aliphatic carbocycles. The van der Waals surface area contributed by atoms with E-state index in [9.17, 15) is 4.79 Å². The lowest BCUT2D eigenvalue weighted by Crippen LogP contribution is -2.47. The fraction of sp³-hybridized carbons (Fsp3) is 0.562. The number of hydrogen-bond acceptors (Lipinski definition) is 2. The van der Waals surface area contributed by atoms with Gasteiger partial charge >= 0.3 is 0 Å². The highest BCUT2D eigenvalue weighted by atomic mass is 127. The van der Waals surface area contributed by atoms with Gasteiger partial charge in [0, 0.05) is 28.7 Å². The fourth-order valence-electron chi connectivity index (χ4n) is 3.72. The monoisotopic (exact) mass is 384 g/mol. The predicted molar refractivity (Wildman–Crippen MR) is 88.9 cm³/mol. The number of hydrogen-bond donors (Lipinski definition) is 1. The first-order valence-corrected chi connectivity index (χ1v) is 8.28. The van der Waals surface area contributed by atoms with E-state index in [1.165, 1.54) is 5.56 Å². The molecule has 2 aliphatic rings. The van der Waals surface area contributed by atoms with Crippen LogP contribution in [0.15, 0.2) is 18.2 Å². The zero-order chi connectivity index (χ0) is 14.5. The molecular formula is C16H21IN2O. The SMILES string of the molecule is Cc1cccc(C(=O)N2CC3CNCC3C2(C)C)c1I. The number of carbonyl (C=O) groups is 1. The van der Waals surface area contributed by atoms with Crippen molar-refractivity contribution >= 4 is 28.5 Å². The van der Waals surface area contributed by atoms with Crippen LogP contribution in [0.3, 0.4) is 0 Å². The highest BCUT2D eigenvalue weighted by molar-refractivity contribution is 14.1. The highest BCUT2D eigenvalue weighted by Crippen LogP contribution is 2.41. The first-order valence-electron chi connectivity index (χ1n) is 7.20. The first kappa shape index (κ1) is 14.3. The van der Waals surface area contributed by atoms with Crippen LogP contribution in [0.4, 0.5) is 0 Å². The molecule has 0 radical (unpaired) electrons. The molecule has 3 rings (SSSR count). The molecule has 108 valence electrons. The molecule has 2 aliphatic heterocycles. The van der Waals surface area contributed by atoms with Crippen molar-refractivity contribution < 1.29 is 4.79 Å². The molecule has 1 aromatic rings. The Balaban J connectivity index is 1.93. The Bertz CT molecular complexity index is 555. The maximum absolute atomic E-state index is 13.0. The summed E-state index contributed by atoms with van der Waals surface area (Å²) in [5.74, 6) is 1.38. The van der Waals surface area contributed by atoms with Crippen LogP contribution in [0, 0.1) is 22.3 Å². The van der Waals surface area contributed by atoms with E-state index in [-0.39, 0.29) is 11.4 Å². The van der Waals surface area contributed by atoms with Gasteiger partial charge in [-0.05, 0) is 66.8 Å². The summed E-state index contributed by atoms with van der Waals surface area (Å²) < 4.78 is 1.08. The largest absolute Gasteiger partial charge is 0.333 e. The van der Waals surface area contributed by atoms with Crippen molar-refractivity contribution in [1.29, 1.82) is 0 Å². The molecule has 0 spiro atoms. The van der Waals surface area contributed by atoms with Crippen molar-refractivity contribution in [1.82, 2.24) is 10.2 Å². The van der Waals surface area contributed by atoms with Gasteiger partial charge in [0.1, 0.15) is 0 Å². The Morgan fingerprint density at radius 3 is 2.85 bits per heavy atom. The fourth-order valence-corrected chi connectivity index (χ4v) is 4.31. The summed E-state index contributed by atoms with van der Waals surface area (Å²) in [7, 11) is 0. The summed E-state index contributed by atoms with van der Waals surface area (Å²) in [5, 5.41) is 3.46. The molecule has 2 heterocycles. The molecular weight excluding hydrogens is 363 g/mol. The summed E-state index contributed by atoms with van der Waals surface area (Å²) >= 11 is 2.29. The van der Waals surface area contributed by atoms with Crippen LogP contribution in [0.25, 0.3) is 0 Å². The molecule has 2 fully saturated rings. The average molecular weight is 384 g/mol. The summed E-state index contributed by atoms with van der Waals surface area (Å²) in [6.07, 6.45) is 0. The van der Waals surface area contributed by atoms with E-state index in [0.717, 1.165) is 28.8 Å². The van der Waals surface area contributed by atoms with Gasteiger partial charge < -0.3 is 10.2 Å². The number of aryl methyl sites for hydroxylation is 1. The number of halogens is 1. The number of nitrogens with zero attached hydrogens (tertiary/aromatic N) is 1. The summed E-state index contributed by atoms with van der Waals surface area (Å²) in [6, 6.07) is 6.00. The lowest BCUT2D eigenvalue weighted by Gasteiger charge is -2.36. The second kappa shape index (κ2) is 4.98. The maximum atomic E-state index is 13.0. The smallest absolute Gasteiger partial charge is 0.255 e. The summed E-state index contributed by atoms with van der Waals surface area (Å²) in [4.78, 5) is 15.1. The van der Waals surface area contributed by atoms with Crippen molar-refractivity contribution in [3.8, 4) is 0 Å². The van der Waals surface area contributed by atoms with E-state index < -0.39 is 0 Å². The van der Waals surface area contributed by atoms with Crippen molar-refractivity contribution in [2.24, 2.45) is 11.8 Å². The molecule has 3 nitrogen and oxygen atoms in total. The van der Waals surface area contributed by atoms with Gasteiger partial charge in [0.2, 0.25) is 0 Å². The third-order valence-electron chi connectivity index (χ3n) is 5.03. The Labute approximate surface area is 134 Å². The number of amides is 1. The number of carbonyl (C=O) groups excluding carboxylic acids is 1. The molecule has 1 amide bonds. The Kier molecular flexibility index (Phi) is 3.57. The minimum absolute atomic E-state index is 0.0575. The Morgan fingerprint density at radius 1 is 1.40 bits per heavy atom. The molecule has 1 aromatic carbocycles. The maximum Gasteiger partial charge on any atom is 0.255 e. The van der Waals surface area contributed by atoms with Gasteiger partial charge in [-0.25, -0.2) is 0 Å². The van der Waals surface area contributed by atoms with E-state index in [4.69, 9.17) is 0 Å². The van der Waals surface area contributed by atoms with Crippen molar-refractivity contribution in [3.63, 3.8) is 0 Å². The van der Waals surface area contributed by atoms with Crippen molar-refractivity contribution in [2.75, 3.05) is 19.6 Å². The zero-order valence-corrected chi connectivity index (χ0v) is 14.4.